The van der Waals surface area contributed by atoms with Crippen LogP contribution in [0, 0.1) is 0 Å². The predicted octanol–water partition coefficient (Wildman–Crippen LogP) is 1.60. The molecule has 0 fully saturated rings. The molecule has 0 bridgehead atoms. The molecule has 4 heteroatoms. The summed E-state index contributed by atoms with van der Waals surface area (Å²) >= 11 is 0. The largest absolute Gasteiger partial charge is 0.481 e. The first-order chi connectivity index (χ1) is 7.57. The summed E-state index contributed by atoms with van der Waals surface area (Å²) in [4.78, 5) is 4.31. The van der Waals surface area contributed by atoms with E-state index in [1.165, 1.54) is 0 Å². The zero-order valence-electron chi connectivity index (χ0n) is 10.4. The molecule has 0 spiro atoms. The molecule has 1 aromatic heterocycles. The van der Waals surface area contributed by atoms with Gasteiger partial charge in [-0.15, -0.1) is 0 Å². The molecule has 0 amide bonds. The standard InChI is InChI=1S/C12H20N2O2/c1-12(2,16-4)9-13-8-10-6-5-7-11(14-10)15-3/h5-7,13H,8-9H2,1-4H3. The Balaban J connectivity index is 2.42. The first-order valence-corrected chi connectivity index (χ1v) is 5.33. The minimum absolute atomic E-state index is 0.154. The smallest absolute Gasteiger partial charge is 0.213 e. The Bertz CT molecular complexity index is 327. The summed E-state index contributed by atoms with van der Waals surface area (Å²) in [5.41, 5.74) is 0.810. The first-order valence-electron chi connectivity index (χ1n) is 5.33. The monoisotopic (exact) mass is 224 g/mol. The lowest BCUT2D eigenvalue weighted by Crippen LogP contribution is -2.36. The Kier molecular flexibility index (Phi) is 4.71. The van der Waals surface area contributed by atoms with E-state index < -0.39 is 0 Å². The van der Waals surface area contributed by atoms with Crippen LogP contribution in [0.5, 0.6) is 5.88 Å². The second-order valence-electron chi connectivity index (χ2n) is 4.24. The van der Waals surface area contributed by atoms with Gasteiger partial charge in [-0.25, -0.2) is 4.98 Å². The molecule has 1 aromatic rings. The van der Waals surface area contributed by atoms with E-state index in [0.717, 1.165) is 12.2 Å². The Hall–Kier alpha value is -1.13. The summed E-state index contributed by atoms with van der Waals surface area (Å²) in [6, 6.07) is 5.74. The number of pyridine rings is 1. The highest BCUT2D eigenvalue weighted by Gasteiger charge is 2.15. The van der Waals surface area contributed by atoms with Crippen LogP contribution >= 0.6 is 0 Å². The first kappa shape index (κ1) is 12.9. The molecule has 16 heavy (non-hydrogen) atoms. The van der Waals surface area contributed by atoms with Gasteiger partial charge in [0.2, 0.25) is 5.88 Å². The summed E-state index contributed by atoms with van der Waals surface area (Å²) in [5.74, 6) is 0.644. The molecule has 0 saturated carbocycles. The Labute approximate surface area is 97.0 Å². The van der Waals surface area contributed by atoms with Crippen molar-refractivity contribution in [3.8, 4) is 5.88 Å². The van der Waals surface area contributed by atoms with Crippen LogP contribution in [0.2, 0.25) is 0 Å². The zero-order chi connectivity index (χ0) is 12.0. The van der Waals surface area contributed by atoms with Crippen LogP contribution in [0.1, 0.15) is 19.5 Å². The summed E-state index contributed by atoms with van der Waals surface area (Å²) in [5, 5.41) is 3.30. The third-order valence-corrected chi connectivity index (χ3v) is 2.40. The number of nitrogens with one attached hydrogen (secondary N) is 1. The van der Waals surface area contributed by atoms with Crippen molar-refractivity contribution in [2.75, 3.05) is 20.8 Å². The third-order valence-electron chi connectivity index (χ3n) is 2.40. The molecule has 0 aliphatic rings. The second-order valence-corrected chi connectivity index (χ2v) is 4.24. The van der Waals surface area contributed by atoms with Gasteiger partial charge >= 0.3 is 0 Å². The van der Waals surface area contributed by atoms with Crippen LogP contribution in [0.15, 0.2) is 18.2 Å². The minimum Gasteiger partial charge on any atom is -0.481 e. The van der Waals surface area contributed by atoms with Gasteiger partial charge < -0.3 is 14.8 Å². The normalized spacial score (nSPS) is 11.5. The molecule has 1 rings (SSSR count). The van der Waals surface area contributed by atoms with Gasteiger partial charge in [0.15, 0.2) is 0 Å². The van der Waals surface area contributed by atoms with Gasteiger partial charge in [-0.1, -0.05) is 6.07 Å². The van der Waals surface area contributed by atoms with Crippen molar-refractivity contribution < 1.29 is 9.47 Å². The van der Waals surface area contributed by atoms with E-state index in [4.69, 9.17) is 9.47 Å². The number of aromatic nitrogens is 1. The quantitative estimate of drug-likeness (QED) is 0.797. The molecular weight excluding hydrogens is 204 g/mol. The Morgan fingerprint density at radius 1 is 1.31 bits per heavy atom. The molecule has 0 aliphatic carbocycles. The van der Waals surface area contributed by atoms with Gasteiger partial charge in [0.1, 0.15) is 0 Å². The van der Waals surface area contributed by atoms with Crippen molar-refractivity contribution in [3.05, 3.63) is 23.9 Å². The fourth-order valence-corrected chi connectivity index (χ4v) is 1.23. The van der Waals surface area contributed by atoms with Crippen molar-refractivity contribution in [3.63, 3.8) is 0 Å². The molecule has 0 atom stereocenters. The number of hydrogen-bond donors (Lipinski definition) is 1. The molecular formula is C12H20N2O2. The fourth-order valence-electron chi connectivity index (χ4n) is 1.23. The molecule has 0 aliphatic heterocycles. The maximum atomic E-state index is 5.31. The van der Waals surface area contributed by atoms with Crippen molar-refractivity contribution in [2.45, 2.75) is 26.0 Å². The maximum Gasteiger partial charge on any atom is 0.213 e. The van der Waals surface area contributed by atoms with Crippen LogP contribution < -0.4 is 10.1 Å². The summed E-state index contributed by atoms with van der Waals surface area (Å²) in [7, 11) is 3.33. The highest BCUT2D eigenvalue weighted by atomic mass is 16.5. The molecule has 1 N–H and O–H groups in total. The fraction of sp³-hybridized carbons (Fsp3) is 0.583. The predicted molar refractivity (Wildman–Crippen MR) is 63.6 cm³/mol. The lowest BCUT2D eigenvalue weighted by Gasteiger charge is -2.23. The topological polar surface area (TPSA) is 43.4 Å². The lowest BCUT2D eigenvalue weighted by atomic mass is 10.1. The molecule has 90 valence electrons. The van der Waals surface area contributed by atoms with Crippen molar-refractivity contribution in [2.24, 2.45) is 0 Å². The molecule has 4 nitrogen and oxygen atoms in total. The molecule has 1 heterocycles. The van der Waals surface area contributed by atoms with Crippen LogP contribution in [-0.4, -0.2) is 31.3 Å². The average Bonchev–Trinajstić information content (AvgIpc) is 2.29. The number of hydrogen-bond acceptors (Lipinski definition) is 4. The van der Waals surface area contributed by atoms with Crippen molar-refractivity contribution in [1.82, 2.24) is 10.3 Å². The lowest BCUT2D eigenvalue weighted by molar-refractivity contribution is 0.0230. The highest BCUT2D eigenvalue weighted by Crippen LogP contribution is 2.08. The third kappa shape index (κ3) is 4.16. The molecule has 0 unspecified atom stereocenters. The van der Waals surface area contributed by atoms with Crippen LogP contribution in [0.4, 0.5) is 0 Å². The molecule has 0 saturated heterocycles. The van der Waals surface area contributed by atoms with Crippen LogP contribution in [0.25, 0.3) is 0 Å². The van der Waals surface area contributed by atoms with Crippen LogP contribution in [0.3, 0.4) is 0 Å². The van der Waals surface area contributed by atoms with E-state index in [1.54, 1.807) is 14.2 Å². The van der Waals surface area contributed by atoms with E-state index in [9.17, 15) is 0 Å². The number of ether oxygens (including phenoxy) is 2. The van der Waals surface area contributed by atoms with E-state index in [2.05, 4.69) is 10.3 Å². The van der Waals surface area contributed by atoms with Gasteiger partial charge in [-0.3, -0.25) is 0 Å². The minimum atomic E-state index is -0.154. The number of methoxy groups -OCH3 is 2. The Morgan fingerprint density at radius 3 is 2.69 bits per heavy atom. The SMILES string of the molecule is COc1cccc(CNCC(C)(C)OC)n1. The number of nitrogens with zero attached hydrogens (tertiary/aromatic N) is 1. The average molecular weight is 224 g/mol. The van der Waals surface area contributed by atoms with E-state index in [1.807, 2.05) is 32.0 Å². The van der Waals surface area contributed by atoms with Crippen molar-refractivity contribution >= 4 is 0 Å². The molecule has 0 aromatic carbocycles. The van der Waals surface area contributed by atoms with E-state index in [0.29, 0.717) is 12.4 Å². The maximum absolute atomic E-state index is 5.31. The zero-order valence-corrected chi connectivity index (χ0v) is 10.4. The Morgan fingerprint density at radius 2 is 2.06 bits per heavy atom. The van der Waals surface area contributed by atoms with Gasteiger partial charge in [-0.05, 0) is 19.9 Å². The van der Waals surface area contributed by atoms with Gasteiger partial charge in [-0.2, -0.15) is 0 Å². The van der Waals surface area contributed by atoms with Gasteiger partial charge in [0.05, 0.1) is 18.4 Å². The summed E-state index contributed by atoms with van der Waals surface area (Å²) in [6.07, 6.45) is 0. The van der Waals surface area contributed by atoms with Gasteiger partial charge in [0.25, 0.3) is 0 Å². The highest BCUT2D eigenvalue weighted by molar-refractivity contribution is 5.15. The summed E-state index contributed by atoms with van der Waals surface area (Å²) in [6.45, 7) is 5.57. The van der Waals surface area contributed by atoms with Crippen molar-refractivity contribution in [1.29, 1.82) is 0 Å². The van der Waals surface area contributed by atoms with Crippen LogP contribution in [-0.2, 0) is 11.3 Å². The second kappa shape index (κ2) is 5.82. The molecule has 0 radical (unpaired) electrons. The van der Waals surface area contributed by atoms with E-state index >= 15 is 0 Å². The van der Waals surface area contributed by atoms with E-state index in [-0.39, 0.29) is 5.60 Å². The number of rotatable bonds is 6. The van der Waals surface area contributed by atoms with Gasteiger partial charge in [0, 0.05) is 26.3 Å². The summed E-state index contributed by atoms with van der Waals surface area (Å²) < 4.78 is 10.4.